The lowest BCUT2D eigenvalue weighted by atomic mass is 9.64. The van der Waals surface area contributed by atoms with Crippen molar-refractivity contribution in [3.05, 3.63) is 61.9 Å². The molecule has 6 unspecified atom stereocenters. The van der Waals surface area contributed by atoms with Crippen LogP contribution in [0.2, 0.25) is 0 Å². The molecule has 46 heavy (non-hydrogen) atoms. The number of amides is 1. The predicted molar refractivity (Wildman–Crippen MR) is 154 cm³/mol. The van der Waals surface area contributed by atoms with Crippen molar-refractivity contribution in [1.29, 1.82) is 5.26 Å². The molecule has 1 amide bonds. The summed E-state index contributed by atoms with van der Waals surface area (Å²) in [6.45, 7) is 0.821. The zero-order chi connectivity index (χ0) is 33.0. The number of benzene rings is 2. The number of carbonyl (C=O) groups excluding carboxylic acids is 2. The quantitative estimate of drug-likeness (QED) is 0.111. The van der Waals surface area contributed by atoms with Crippen LogP contribution >= 0.6 is 0 Å². The number of rotatable bonds is 7. The van der Waals surface area contributed by atoms with E-state index in [4.69, 9.17) is 49.7 Å². The van der Waals surface area contributed by atoms with Crippen LogP contribution in [0.5, 0.6) is 23.0 Å². The molecule has 4 aliphatic rings. The SMILES string of the molecule is COC(C#N)OC1COCC(N=O)C1.COc1cc(C2c3cc4c(cc3CC3(N)COC(=O)C23)OCO4)cc(C(=O)N=[N+]=[N-])c1O. The van der Waals surface area contributed by atoms with Crippen LogP contribution in [-0.4, -0.2) is 81.8 Å². The van der Waals surface area contributed by atoms with Gasteiger partial charge in [-0.15, -0.1) is 0 Å². The number of hydrogen-bond donors (Lipinski definition) is 2. The summed E-state index contributed by atoms with van der Waals surface area (Å²) >= 11 is 0. The smallest absolute Gasteiger partial charge is 0.311 e. The minimum atomic E-state index is -0.986. The number of esters is 1. The Morgan fingerprint density at radius 3 is 2.65 bits per heavy atom. The van der Waals surface area contributed by atoms with Crippen molar-refractivity contribution in [3.63, 3.8) is 0 Å². The molecule has 17 heteroatoms. The maximum atomic E-state index is 12.8. The molecule has 1 aliphatic carbocycles. The molecule has 2 aromatic carbocycles. The van der Waals surface area contributed by atoms with E-state index in [9.17, 15) is 19.6 Å². The molecular weight excluding hydrogens is 608 g/mol. The summed E-state index contributed by atoms with van der Waals surface area (Å²) in [6.07, 6.45) is -0.346. The van der Waals surface area contributed by atoms with Crippen LogP contribution < -0.4 is 19.9 Å². The van der Waals surface area contributed by atoms with E-state index in [2.05, 4.69) is 15.2 Å². The standard InChI is InChI=1S/C21H18N4O7.C8H12N2O4/c1-29-15-3-9(2-12(18(15)26)19(27)24-25-23)16-11-5-14-13(31-8-32-14)4-10(11)6-21(22)7-30-20(28)17(16)21;1-12-8(3-9)14-7-2-6(10-11)4-13-5-7/h2-5,16-17,26H,6-8,22H2,1H3;6-8H,2,4-5H2,1H3. The molecule has 3 N–H and O–H groups in total. The van der Waals surface area contributed by atoms with Gasteiger partial charge in [-0.1, -0.05) is 5.18 Å². The highest BCUT2D eigenvalue weighted by Gasteiger charge is 2.56. The largest absolute Gasteiger partial charge is 0.504 e. The third-order valence-electron chi connectivity index (χ3n) is 8.15. The van der Waals surface area contributed by atoms with Crippen LogP contribution in [0.3, 0.4) is 0 Å². The van der Waals surface area contributed by atoms with Gasteiger partial charge in [-0.2, -0.15) is 10.2 Å². The number of phenols is 1. The molecular formula is C29H30N6O11. The van der Waals surface area contributed by atoms with Gasteiger partial charge >= 0.3 is 5.97 Å². The van der Waals surface area contributed by atoms with E-state index in [1.54, 1.807) is 6.07 Å². The summed E-state index contributed by atoms with van der Waals surface area (Å²) in [4.78, 5) is 37.9. The molecule has 2 saturated heterocycles. The number of methoxy groups -OCH3 is 2. The molecule has 3 aliphatic heterocycles. The molecule has 6 atom stereocenters. The number of nitrogens with two attached hydrogens (primary N) is 1. The average Bonchev–Trinajstić information content (AvgIpc) is 3.64. The lowest BCUT2D eigenvalue weighted by Gasteiger charge is -2.40. The number of ether oxygens (including phenoxy) is 7. The van der Waals surface area contributed by atoms with Gasteiger partial charge in [-0.05, 0) is 58.0 Å². The van der Waals surface area contributed by atoms with Crippen LogP contribution in [0.15, 0.2) is 34.6 Å². The number of cyclic esters (lactones) is 1. The third kappa shape index (κ3) is 6.25. The van der Waals surface area contributed by atoms with Crippen molar-refractivity contribution in [2.24, 2.45) is 21.9 Å². The first kappa shape index (κ1) is 32.4. The summed E-state index contributed by atoms with van der Waals surface area (Å²) in [5, 5.41) is 24.9. The Kier molecular flexibility index (Phi) is 9.56. The highest BCUT2D eigenvalue weighted by molar-refractivity contribution is 5.98. The summed E-state index contributed by atoms with van der Waals surface area (Å²) < 4.78 is 36.6. The monoisotopic (exact) mass is 638 g/mol. The number of aromatic hydroxyl groups is 1. The molecule has 6 rings (SSSR count). The van der Waals surface area contributed by atoms with Crippen molar-refractivity contribution >= 4 is 11.9 Å². The lowest BCUT2D eigenvalue weighted by molar-refractivity contribution is -0.154. The second-order valence-electron chi connectivity index (χ2n) is 11.0. The second-order valence-corrected chi connectivity index (χ2v) is 11.0. The van der Waals surface area contributed by atoms with Crippen LogP contribution in [0, 0.1) is 22.2 Å². The van der Waals surface area contributed by atoms with Crippen molar-refractivity contribution in [3.8, 4) is 29.1 Å². The first-order valence-corrected chi connectivity index (χ1v) is 14.0. The van der Waals surface area contributed by atoms with Gasteiger partial charge < -0.3 is 44.0 Å². The summed E-state index contributed by atoms with van der Waals surface area (Å²) in [5.41, 5.74) is 16.2. The number of azide groups is 1. The normalized spacial score (nSPS) is 26.1. The summed E-state index contributed by atoms with van der Waals surface area (Å²) in [6, 6.07) is 7.97. The van der Waals surface area contributed by atoms with E-state index >= 15 is 0 Å². The number of carbonyl (C=O) groups is 2. The molecule has 3 heterocycles. The van der Waals surface area contributed by atoms with Gasteiger partial charge in [-0.3, -0.25) is 9.59 Å². The first-order valence-electron chi connectivity index (χ1n) is 14.0. The summed E-state index contributed by atoms with van der Waals surface area (Å²) in [7, 11) is 2.71. The van der Waals surface area contributed by atoms with E-state index < -0.39 is 41.3 Å². The molecule has 0 aromatic heterocycles. The average molecular weight is 639 g/mol. The Morgan fingerprint density at radius 2 is 1.98 bits per heavy atom. The Bertz CT molecular complexity index is 1620. The Balaban J connectivity index is 0.000000251. The molecule has 242 valence electrons. The van der Waals surface area contributed by atoms with Crippen molar-refractivity contribution in [1.82, 2.24) is 0 Å². The first-order chi connectivity index (χ1) is 22.2. The minimum absolute atomic E-state index is 0.0131. The van der Waals surface area contributed by atoms with Gasteiger partial charge in [0.15, 0.2) is 23.0 Å². The van der Waals surface area contributed by atoms with Gasteiger partial charge in [0.05, 0.1) is 43.4 Å². The van der Waals surface area contributed by atoms with E-state index in [1.807, 2.05) is 12.1 Å². The second kappa shape index (κ2) is 13.6. The van der Waals surface area contributed by atoms with Gasteiger partial charge in [0.25, 0.3) is 5.91 Å². The third-order valence-corrected chi connectivity index (χ3v) is 8.15. The minimum Gasteiger partial charge on any atom is -0.504 e. The van der Waals surface area contributed by atoms with Crippen LogP contribution in [0.4, 0.5) is 0 Å². The zero-order valence-corrected chi connectivity index (χ0v) is 24.8. The van der Waals surface area contributed by atoms with Gasteiger partial charge in [0.2, 0.25) is 13.1 Å². The maximum absolute atomic E-state index is 12.8. The van der Waals surface area contributed by atoms with Crippen molar-refractivity contribution < 1.29 is 47.9 Å². The number of fused-ring (bicyclic) bond motifs is 3. The van der Waals surface area contributed by atoms with Crippen LogP contribution in [0.25, 0.3) is 10.4 Å². The highest BCUT2D eigenvalue weighted by atomic mass is 16.7. The Labute approximate surface area is 261 Å². The topological polar surface area (TPSA) is 247 Å². The zero-order valence-electron chi connectivity index (χ0n) is 24.8. The van der Waals surface area contributed by atoms with E-state index in [1.165, 1.54) is 26.4 Å². The van der Waals surface area contributed by atoms with Crippen molar-refractivity contribution in [2.45, 2.75) is 42.7 Å². The van der Waals surface area contributed by atoms with Gasteiger partial charge in [0.1, 0.15) is 18.7 Å². The molecule has 0 radical (unpaired) electrons. The molecule has 2 fully saturated rings. The Hall–Kier alpha value is -4.98. The number of hydrogen-bond acceptors (Lipinski definition) is 14. The fourth-order valence-electron chi connectivity index (χ4n) is 6.08. The maximum Gasteiger partial charge on any atom is 0.311 e. The van der Waals surface area contributed by atoms with Crippen molar-refractivity contribution in [2.75, 3.05) is 40.8 Å². The number of phenolic OH excluding ortho intramolecular Hbond substituents is 1. The number of nitroso groups, excluding NO2 is 1. The van der Waals surface area contributed by atoms with E-state index in [0.29, 0.717) is 43.1 Å². The molecule has 0 bridgehead atoms. The van der Waals surface area contributed by atoms with Crippen LogP contribution in [-0.2, 0) is 30.2 Å². The molecule has 2 aromatic rings. The molecule has 17 nitrogen and oxygen atoms in total. The van der Waals surface area contributed by atoms with Gasteiger partial charge in [0, 0.05) is 24.4 Å². The Morgan fingerprint density at radius 1 is 1.22 bits per heavy atom. The fourth-order valence-corrected chi connectivity index (χ4v) is 6.08. The van der Waals surface area contributed by atoms with E-state index in [-0.39, 0.29) is 36.9 Å². The van der Waals surface area contributed by atoms with Gasteiger partial charge in [-0.25, -0.2) is 0 Å². The fraction of sp³-hybridized carbons (Fsp3) is 0.483. The van der Waals surface area contributed by atoms with Crippen LogP contribution in [0.1, 0.15) is 39.4 Å². The highest BCUT2D eigenvalue weighted by Crippen LogP contribution is 2.52. The summed E-state index contributed by atoms with van der Waals surface area (Å²) in [5.74, 6) is -2.22. The molecule has 0 spiro atoms. The lowest BCUT2D eigenvalue weighted by Crippen LogP contribution is -2.54. The number of nitriles is 1. The number of nitrogens with zero attached hydrogens (tertiary/aromatic N) is 5. The molecule has 0 saturated carbocycles. The predicted octanol–water partition coefficient (Wildman–Crippen LogP) is 2.56. The van der Waals surface area contributed by atoms with E-state index in [0.717, 1.165) is 11.1 Å².